The molecule has 1 heterocycles. The highest BCUT2D eigenvalue weighted by Crippen LogP contribution is 2.39. The van der Waals surface area contributed by atoms with Gasteiger partial charge in [-0.05, 0) is 26.2 Å². The Kier molecular flexibility index (Phi) is 5.22. The van der Waals surface area contributed by atoms with Gasteiger partial charge in [-0.3, -0.25) is 0 Å². The number of ether oxygens (including phenoxy) is 3. The predicted molar refractivity (Wildman–Crippen MR) is 76.1 cm³/mol. The van der Waals surface area contributed by atoms with E-state index in [1.807, 2.05) is 0 Å². The lowest BCUT2D eigenvalue weighted by molar-refractivity contribution is -0.285. The second-order valence-corrected chi connectivity index (χ2v) is 6.05. The molecule has 1 aliphatic heterocycles. The first-order chi connectivity index (χ1) is 9.56. The minimum Gasteiger partial charge on any atom is -0.462 e. The van der Waals surface area contributed by atoms with Gasteiger partial charge in [0.25, 0.3) is 0 Å². The molecule has 1 saturated carbocycles. The molecule has 4 nitrogen and oxygen atoms in total. The molecule has 1 aliphatic carbocycles. The van der Waals surface area contributed by atoms with Crippen molar-refractivity contribution >= 4 is 5.97 Å². The van der Waals surface area contributed by atoms with E-state index in [0.29, 0.717) is 31.3 Å². The van der Waals surface area contributed by atoms with Crippen molar-refractivity contribution in [2.24, 2.45) is 11.8 Å². The molecule has 2 fully saturated rings. The van der Waals surface area contributed by atoms with Crippen LogP contribution in [0.3, 0.4) is 0 Å². The maximum Gasteiger partial charge on any atom is 0.333 e. The third kappa shape index (κ3) is 3.61. The van der Waals surface area contributed by atoms with Crippen LogP contribution in [0.25, 0.3) is 0 Å². The lowest BCUT2D eigenvalue weighted by Gasteiger charge is -2.40. The largest absolute Gasteiger partial charge is 0.462 e. The second kappa shape index (κ2) is 6.72. The highest BCUT2D eigenvalue weighted by Gasteiger charge is 2.41. The van der Waals surface area contributed by atoms with Gasteiger partial charge in [0, 0.05) is 30.3 Å². The summed E-state index contributed by atoms with van der Waals surface area (Å²) in [6.07, 6.45) is 5.37. The van der Waals surface area contributed by atoms with Gasteiger partial charge in [0.1, 0.15) is 0 Å². The summed E-state index contributed by atoms with van der Waals surface area (Å²) in [4.78, 5) is 11.5. The summed E-state index contributed by atoms with van der Waals surface area (Å²) in [6.45, 7) is 9.22. The first-order valence-electron chi connectivity index (χ1n) is 7.67. The van der Waals surface area contributed by atoms with Gasteiger partial charge in [0.05, 0.1) is 19.8 Å². The van der Waals surface area contributed by atoms with Gasteiger partial charge in [-0.2, -0.15) is 0 Å². The van der Waals surface area contributed by atoms with Gasteiger partial charge in [-0.1, -0.05) is 13.5 Å². The highest BCUT2D eigenvalue weighted by molar-refractivity contribution is 5.86. The molecular formula is C16H26O4. The van der Waals surface area contributed by atoms with E-state index in [1.54, 1.807) is 6.92 Å². The molecule has 0 N–H and O–H groups in total. The summed E-state index contributed by atoms with van der Waals surface area (Å²) >= 11 is 0. The molecule has 2 rings (SSSR count). The van der Waals surface area contributed by atoms with Crippen molar-refractivity contribution in [2.75, 3.05) is 19.8 Å². The Morgan fingerprint density at radius 3 is 2.45 bits per heavy atom. The van der Waals surface area contributed by atoms with Gasteiger partial charge in [0.2, 0.25) is 0 Å². The molecule has 1 spiro atoms. The molecule has 0 bridgehead atoms. The van der Waals surface area contributed by atoms with Crippen LogP contribution in [-0.4, -0.2) is 31.6 Å². The van der Waals surface area contributed by atoms with E-state index >= 15 is 0 Å². The van der Waals surface area contributed by atoms with E-state index in [9.17, 15) is 4.79 Å². The van der Waals surface area contributed by atoms with E-state index in [2.05, 4.69) is 13.5 Å². The second-order valence-electron chi connectivity index (χ2n) is 6.05. The number of rotatable bonds is 5. The van der Waals surface area contributed by atoms with Crippen LogP contribution in [0.4, 0.5) is 0 Å². The fraction of sp³-hybridized carbons (Fsp3) is 0.812. The molecule has 4 heteroatoms. The van der Waals surface area contributed by atoms with Gasteiger partial charge < -0.3 is 14.2 Å². The first-order valence-corrected chi connectivity index (χ1v) is 7.67. The van der Waals surface area contributed by atoms with E-state index in [-0.39, 0.29) is 17.7 Å². The van der Waals surface area contributed by atoms with Gasteiger partial charge in [0.15, 0.2) is 5.79 Å². The fourth-order valence-corrected chi connectivity index (χ4v) is 2.98. The minimum absolute atomic E-state index is 0.289. The molecular weight excluding hydrogens is 256 g/mol. The summed E-state index contributed by atoms with van der Waals surface area (Å²) in [6, 6.07) is 0. The van der Waals surface area contributed by atoms with E-state index in [4.69, 9.17) is 14.2 Å². The maximum absolute atomic E-state index is 11.5. The van der Waals surface area contributed by atoms with Crippen molar-refractivity contribution in [3.63, 3.8) is 0 Å². The zero-order valence-electron chi connectivity index (χ0n) is 12.7. The topological polar surface area (TPSA) is 44.8 Å². The number of esters is 1. The Balaban J connectivity index is 1.80. The highest BCUT2D eigenvalue weighted by atomic mass is 16.7. The van der Waals surface area contributed by atoms with E-state index in [1.165, 1.54) is 12.8 Å². The molecule has 1 atom stereocenters. The van der Waals surface area contributed by atoms with Crippen molar-refractivity contribution in [1.29, 1.82) is 0 Å². The summed E-state index contributed by atoms with van der Waals surface area (Å²) in [7, 11) is 0. The molecule has 0 aromatic carbocycles. The number of hydrogen-bond donors (Lipinski definition) is 0. The first kappa shape index (κ1) is 15.5. The summed E-state index contributed by atoms with van der Waals surface area (Å²) in [5.74, 6) is -0.0158. The number of hydrogen-bond acceptors (Lipinski definition) is 4. The lowest BCUT2D eigenvalue weighted by atomic mass is 9.91. The average Bonchev–Trinajstić information content (AvgIpc) is 2.89. The third-order valence-corrected chi connectivity index (χ3v) is 4.45. The fourth-order valence-electron chi connectivity index (χ4n) is 2.98. The zero-order valence-corrected chi connectivity index (χ0v) is 12.7. The van der Waals surface area contributed by atoms with Gasteiger partial charge in [-0.15, -0.1) is 0 Å². The molecule has 20 heavy (non-hydrogen) atoms. The molecule has 1 unspecified atom stereocenters. The van der Waals surface area contributed by atoms with Crippen LogP contribution in [0.5, 0.6) is 0 Å². The Labute approximate surface area is 121 Å². The predicted octanol–water partition coefficient (Wildman–Crippen LogP) is 3.07. The third-order valence-electron chi connectivity index (χ3n) is 4.45. The molecule has 0 aromatic rings. The Hall–Kier alpha value is -0.870. The smallest absolute Gasteiger partial charge is 0.333 e. The van der Waals surface area contributed by atoms with E-state index < -0.39 is 0 Å². The molecule has 114 valence electrons. The molecule has 2 aliphatic rings. The Morgan fingerprint density at radius 1 is 1.35 bits per heavy atom. The molecule has 0 amide bonds. The molecule has 0 aromatic heterocycles. The lowest BCUT2D eigenvalue weighted by Crippen LogP contribution is -2.44. The quantitative estimate of drug-likeness (QED) is 0.574. The molecule has 0 radical (unpaired) electrons. The standard InChI is InChI=1S/C16H26O4/c1-4-13(9-18-15(17)12(2)3)14-10-19-16(20-11-14)7-5-6-8-16/h13-14H,2,4-11H2,1,3H3. The average molecular weight is 282 g/mol. The van der Waals surface area contributed by atoms with Crippen molar-refractivity contribution in [3.8, 4) is 0 Å². The monoisotopic (exact) mass is 282 g/mol. The van der Waals surface area contributed by atoms with Crippen LogP contribution < -0.4 is 0 Å². The van der Waals surface area contributed by atoms with Crippen molar-refractivity contribution in [3.05, 3.63) is 12.2 Å². The van der Waals surface area contributed by atoms with E-state index in [0.717, 1.165) is 19.3 Å². The summed E-state index contributed by atoms with van der Waals surface area (Å²) < 4.78 is 17.3. The summed E-state index contributed by atoms with van der Waals surface area (Å²) in [5, 5.41) is 0. The van der Waals surface area contributed by atoms with Gasteiger partial charge in [-0.25, -0.2) is 4.79 Å². The van der Waals surface area contributed by atoms with Crippen molar-refractivity contribution < 1.29 is 19.0 Å². The van der Waals surface area contributed by atoms with Crippen LogP contribution in [0.15, 0.2) is 12.2 Å². The van der Waals surface area contributed by atoms with Crippen LogP contribution in [0.1, 0.15) is 46.0 Å². The Morgan fingerprint density at radius 2 is 1.95 bits per heavy atom. The van der Waals surface area contributed by atoms with Crippen LogP contribution >= 0.6 is 0 Å². The normalized spacial score (nSPS) is 23.7. The molecule has 1 saturated heterocycles. The maximum atomic E-state index is 11.5. The Bertz CT molecular complexity index is 347. The van der Waals surface area contributed by atoms with Crippen LogP contribution in [0, 0.1) is 11.8 Å². The van der Waals surface area contributed by atoms with Crippen LogP contribution in [-0.2, 0) is 19.0 Å². The minimum atomic E-state index is -0.312. The zero-order chi connectivity index (χ0) is 14.6. The van der Waals surface area contributed by atoms with Gasteiger partial charge >= 0.3 is 5.97 Å². The number of carbonyl (C=O) groups excluding carboxylic acids is 1. The summed E-state index contributed by atoms with van der Waals surface area (Å²) in [5.41, 5.74) is 0.445. The van der Waals surface area contributed by atoms with Crippen molar-refractivity contribution in [2.45, 2.75) is 51.7 Å². The SMILES string of the molecule is C=C(C)C(=O)OCC(CC)C1COC2(CCCC2)OC1. The van der Waals surface area contributed by atoms with Crippen LogP contribution in [0.2, 0.25) is 0 Å². The number of carbonyl (C=O) groups is 1. The van der Waals surface area contributed by atoms with Crippen molar-refractivity contribution in [1.82, 2.24) is 0 Å².